The van der Waals surface area contributed by atoms with Crippen LogP contribution in [-0.2, 0) is 4.79 Å². The molecule has 1 fully saturated rings. The van der Waals surface area contributed by atoms with Crippen molar-refractivity contribution in [1.82, 2.24) is 10.2 Å². The van der Waals surface area contributed by atoms with Crippen LogP contribution in [0.2, 0.25) is 0 Å². The maximum atomic E-state index is 11.4. The SMILES string of the molecule is CCN1C(C)CNC(=O)C1CC#N. The monoisotopic (exact) mass is 181 g/mol. The van der Waals surface area contributed by atoms with Gasteiger partial charge in [-0.1, -0.05) is 6.92 Å². The molecule has 0 aliphatic carbocycles. The zero-order chi connectivity index (χ0) is 9.84. The van der Waals surface area contributed by atoms with E-state index in [0.717, 1.165) is 6.54 Å². The highest BCUT2D eigenvalue weighted by Crippen LogP contribution is 2.12. The summed E-state index contributed by atoms with van der Waals surface area (Å²) in [5.41, 5.74) is 0. The molecule has 1 heterocycles. The molecule has 4 nitrogen and oxygen atoms in total. The summed E-state index contributed by atoms with van der Waals surface area (Å²) in [5, 5.41) is 11.4. The lowest BCUT2D eigenvalue weighted by Gasteiger charge is -2.38. The third-order valence-corrected chi connectivity index (χ3v) is 2.49. The van der Waals surface area contributed by atoms with Gasteiger partial charge in [0, 0.05) is 12.6 Å². The molecule has 1 aliphatic heterocycles. The Bertz CT molecular complexity index is 234. The molecule has 1 rings (SSSR count). The number of nitriles is 1. The normalized spacial score (nSPS) is 29.5. The number of carbonyl (C=O) groups excluding carboxylic acids is 1. The van der Waals surface area contributed by atoms with Crippen molar-refractivity contribution in [3.05, 3.63) is 0 Å². The van der Waals surface area contributed by atoms with E-state index in [4.69, 9.17) is 5.26 Å². The zero-order valence-corrected chi connectivity index (χ0v) is 8.08. The second-order valence-corrected chi connectivity index (χ2v) is 3.30. The van der Waals surface area contributed by atoms with Gasteiger partial charge in [-0.05, 0) is 13.5 Å². The van der Waals surface area contributed by atoms with E-state index in [1.165, 1.54) is 0 Å². The number of carbonyl (C=O) groups is 1. The maximum Gasteiger partial charge on any atom is 0.238 e. The molecule has 2 atom stereocenters. The first kappa shape index (κ1) is 10.0. The second kappa shape index (κ2) is 4.24. The van der Waals surface area contributed by atoms with Gasteiger partial charge in [0.05, 0.1) is 12.5 Å². The van der Waals surface area contributed by atoms with Crippen molar-refractivity contribution in [3.63, 3.8) is 0 Å². The lowest BCUT2D eigenvalue weighted by molar-refractivity contribution is -0.130. The number of nitrogens with zero attached hydrogens (tertiary/aromatic N) is 2. The molecule has 2 unspecified atom stereocenters. The van der Waals surface area contributed by atoms with E-state index in [2.05, 4.69) is 23.2 Å². The van der Waals surface area contributed by atoms with Crippen molar-refractivity contribution in [2.45, 2.75) is 32.4 Å². The smallest absolute Gasteiger partial charge is 0.238 e. The minimum Gasteiger partial charge on any atom is -0.353 e. The molecule has 1 aliphatic rings. The Morgan fingerprint density at radius 2 is 2.46 bits per heavy atom. The molecular formula is C9H15N3O. The fourth-order valence-corrected chi connectivity index (χ4v) is 1.77. The molecule has 1 amide bonds. The molecule has 0 radical (unpaired) electrons. The van der Waals surface area contributed by atoms with E-state index in [9.17, 15) is 4.79 Å². The largest absolute Gasteiger partial charge is 0.353 e. The van der Waals surface area contributed by atoms with Gasteiger partial charge in [-0.25, -0.2) is 0 Å². The summed E-state index contributed by atoms with van der Waals surface area (Å²) in [6.45, 7) is 5.59. The minimum absolute atomic E-state index is 0.0125. The molecule has 0 aromatic heterocycles. The van der Waals surface area contributed by atoms with Gasteiger partial charge in [0.25, 0.3) is 0 Å². The number of nitrogens with one attached hydrogen (secondary N) is 1. The Kier molecular flexibility index (Phi) is 3.26. The van der Waals surface area contributed by atoms with Crippen LogP contribution in [0.3, 0.4) is 0 Å². The predicted octanol–water partition coefficient (Wildman–Crippen LogP) is 0.109. The molecule has 0 aromatic rings. The van der Waals surface area contributed by atoms with Crippen LogP contribution < -0.4 is 5.32 Å². The average Bonchev–Trinajstić information content (AvgIpc) is 2.12. The number of rotatable bonds is 2. The van der Waals surface area contributed by atoms with Crippen LogP contribution >= 0.6 is 0 Å². The van der Waals surface area contributed by atoms with Crippen LogP contribution in [0.1, 0.15) is 20.3 Å². The molecule has 0 bridgehead atoms. The van der Waals surface area contributed by atoms with Crippen molar-refractivity contribution >= 4 is 5.91 Å². The van der Waals surface area contributed by atoms with Crippen LogP contribution in [0.5, 0.6) is 0 Å². The minimum atomic E-state index is -0.251. The van der Waals surface area contributed by atoms with Crippen molar-refractivity contribution in [2.75, 3.05) is 13.1 Å². The molecule has 4 heteroatoms. The zero-order valence-electron chi connectivity index (χ0n) is 8.08. The van der Waals surface area contributed by atoms with Crippen LogP contribution in [0.4, 0.5) is 0 Å². The van der Waals surface area contributed by atoms with Gasteiger partial charge in [-0.15, -0.1) is 0 Å². The summed E-state index contributed by atoms with van der Waals surface area (Å²) in [7, 11) is 0. The number of piperazine rings is 1. The maximum absolute atomic E-state index is 11.4. The van der Waals surface area contributed by atoms with Crippen molar-refractivity contribution in [1.29, 1.82) is 5.26 Å². The van der Waals surface area contributed by atoms with E-state index < -0.39 is 0 Å². The first-order valence-electron chi connectivity index (χ1n) is 4.61. The molecular weight excluding hydrogens is 166 g/mol. The average molecular weight is 181 g/mol. The lowest BCUT2D eigenvalue weighted by Crippen LogP contribution is -2.59. The summed E-state index contributed by atoms with van der Waals surface area (Å²) in [6, 6.07) is 2.13. The Balaban J connectivity index is 2.72. The Morgan fingerprint density at radius 3 is 3.00 bits per heavy atom. The third kappa shape index (κ3) is 1.99. The van der Waals surface area contributed by atoms with E-state index in [1.807, 2.05) is 6.92 Å². The molecule has 0 spiro atoms. The number of hydrogen-bond donors (Lipinski definition) is 1. The summed E-state index contributed by atoms with van der Waals surface area (Å²) in [6.07, 6.45) is 0.282. The van der Waals surface area contributed by atoms with Crippen LogP contribution in [0, 0.1) is 11.3 Å². The fraction of sp³-hybridized carbons (Fsp3) is 0.778. The van der Waals surface area contributed by atoms with E-state index in [0.29, 0.717) is 12.6 Å². The van der Waals surface area contributed by atoms with Crippen LogP contribution in [0.15, 0.2) is 0 Å². The molecule has 1 N–H and O–H groups in total. The summed E-state index contributed by atoms with van der Waals surface area (Å²) >= 11 is 0. The Hall–Kier alpha value is -1.08. The fourth-order valence-electron chi connectivity index (χ4n) is 1.77. The Morgan fingerprint density at radius 1 is 1.77 bits per heavy atom. The third-order valence-electron chi connectivity index (χ3n) is 2.49. The number of likely N-dealkylation sites (N-methyl/N-ethyl adjacent to an activating group) is 1. The van der Waals surface area contributed by atoms with Crippen molar-refractivity contribution in [2.24, 2.45) is 0 Å². The van der Waals surface area contributed by atoms with Gasteiger partial charge < -0.3 is 5.32 Å². The van der Waals surface area contributed by atoms with E-state index in [1.54, 1.807) is 0 Å². The van der Waals surface area contributed by atoms with Gasteiger partial charge in [0.1, 0.15) is 6.04 Å². The topological polar surface area (TPSA) is 56.1 Å². The molecule has 0 aromatic carbocycles. The van der Waals surface area contributed by atoms with Gasteiger partial charge in [0.15, 0.2) is 0 Å². The molecule has 1 saturated heterocycles. The highest BCUT2D eigenvalue weighted by Gasteiger charge is 2.32. The summed E-state index contributed by atoms with van der Waals surface area (Å²) in [5.74, 6) is -0.0125. The molecule has 72 valence electrons. The number of amides is 1. The second-order valence-electron chi connectivity index (χ2n) is 3.30. The van der Waals surface area contributed by atoms with Crippen molar-refractivity contribution in [3.8, 4) is 6.07 Å². The highest BCUT2D eigenvalue weighted by molar-refractivity contribution is 5.82. The van der Waals surface area contributed by atoms with Crippen molar-refractivity contribution < 1.29 is 4.79 Å². The summed E-state index contributed by atoms with van der Waals surface area (Å²) in [4.78, 5) is 13.5. The quantitative estimate of drug-likeness (QED) is 0.657. The van der Waals surface area contributed by atoms with Crippen LogP contribution in [0.25, 0.3) is 0 Å². The van der Waals surface area contributed by atoms with Gasteiger partial charge in [-0.3, -0.25) is 9.69 Å². The van der Waals surface area contributed by atoms with Crippen LogP contribution in [-0.4, -0.2) is 36.0 Å². The van der Waals surface area contributed by atoms with Gasteiger partial charge in [0.2, 0.25) is 5.91 Å². The predicted molar refractivity (Wildman–Crippen MR) is 48.9 cm³/mol. The molecule has 0 saturated carbocycles. The van der Waals surface area contributed by atoms with Gasteiger partial charge in [-0.2, -0.15) is 5.26 Å². The van der Waals surface area contributed by atoms with E-state index >= 15 is 0 Å². The number of hydrogen-bond acceptors (Lipinski definition) is 3. The first-order valence-corrected chi connectivity index (χ1v) is 4.61. The standard InChI is InChI=1S/C9H15N3O/c1-3-12-7(2)6-11-9(13)8(12)4-5-10/h7-8H,3-4,6H2,1-2H3,(H,11,13). The summed E-state index contributed by atoms with van der Waals surface area (Å²) < 4.78 is 0. The van der Waals surface area contributed by atoms with Gasteiger partial charge >= 0.3 is 0 Å². The molecule has 13 heavy (non-hydrogen) atoms. The highest BCUT2D eigenvalue weighted by atomic mass is 16.2. The lowest BCUT2D eigenvalue weighted by atomic mass is 10.1. The van der Waals surface area contributed by atoms with E-state index in [-0.39, 0.29) is 18.4 Å². The Labute approximate surface area is 78.5 Å². The first-order chi connectivity index (χ1) is 6.20.